The second kappa shape index (κ2) is 5.51. The minimum atomic E-state index is 0.331. The average Bonchev–Trinajstić information content (AvgIpc) is 2.88. The van der Waals surface area contributed by atoms with Crippen LogP contribution < -0.4 is 4.90 Å². The molecule has 0 aliphatic carbocycles. The molecule has 0 saturated carbocycles. The Morgan fingerprint density at radius 3 is 2.43 bits per heavy atom. The number of hydrogen-bond acceptors (Lipinski definition) is 3. The van der Waals surface area contributed by atoms with Gasteiger partial charge in [0, 0.05) is 11.1 Å². The fraction of sp³-hybridized carbons (Fsp3) is 0.0588. The summed E-state index contributed by atoms with van der Waals surface area (Å²) in [5, 5.41) is 15.5. The van der Waals surface area contributed by atoms with Crippen molar-refractivity contribution in [2.75, 3.05) is 0 Å². The van der Waals surface area contributed by atoms with Crippen LogP contribution in [0.25, 0.3) is 11.3 Å². The summed E-state index contributed by atoms with van der Waals surface area (Å²) in [5.41, 5.74) is 3.36. The predicted molar refractivity (Wildman–Crippen MR) is 78.1 cm³/mol. The van der Waals surface area contributed by atoms with Crippen molar-refractivity contribution in [2.45, 2.75) is 6.92 Å². The molecule has 0 fully saturated rings. The Bertz CT molecular complexity index is 809. The molecule has 0 bridgehead atoms. The van der Waals surface area contributed by atoms with Gasteiger partial charge < -0.3 is 5.21 Å². The van der Waals surface area contributed by atoms with Crippen molar-refractivity contribution in [1.29, 1.82) is 0 Å². The smallest absolute Gasteiger partial charge is 0.299 e. The Labute approximate surface area is 122 Å². The van der Waals surface area contributed by atoms with E-state index in [0.717, 1.165) is 16.7 Å². The zero-order valence-corrected chi connectivity index (χ0v) is 11.4. The van der Waals surface area contributed by atoms with Gasteiger partial charge in [0.15, 0.2) is 0 Å². The molecule has 3 aromatic rings. The minimum Gasteiger partial charge on any atom is -0.359 e. The van der Waals surface area contributed by atoms with Crippen LogP contribution in [-0.4, -0.2) is 5.16 Å². The van der Waals surface area contributed by atoms with Gasteiger partial charge >= 0.3 is 0 Å². The molecule has 1 aromatic heterocycles. The molecule has 0 amide bonds. The first-order valence-electron chi connectivity index (χ1n) is 6.48. The second-order valence-electron chi connectivity index (χ2n) is 4.61. The largest absolute Gasteiger partial charge is 0.359 e. The zero-order chi connectivity index (χ0) is 14.7. The van der Waals surface area contributed by atoms with Gasteiger partial charge in [-0.1, -0.05) is 53.9 Å². The third kappa shape index (κ3) is 2.77. The van der Waals surface area contributed by atoms with E-state index in [0.29, 0.717) is 16.3 Å². The van der Waals surface area contributed by atoms with Gasteiger partial charge in [-0.05, 0) is 29.9 Å². The zero-order valence-electron chi connectivity index (χ0n) is 11.4. The van der Waals surface area contributed by atoms with Gasteiger partial charge in [0.25, 0.3) is 5.69 Å². The van der Waals surface area contributed by atoms with Crippen LogP contribution in [0.2, 0.25) is 0 Å². The summed E-state index contributed by atoms with van der Waals surface area (Å²) in [6.07, 6.45) is 0. The van der Waals surface area contributed by atoms with Crippen molar-refractivity contribution in [1.82, 2.24) is 5.16 Å². The molecule has 4 nitrogen and oxygen atoms in total. The van der Waals surface area contributed by atoms with Crippen LogP contribution in [0.15, 0.2) is 59.2 Å². The lowest BCUT2D eigenvalue weighted by molar-refractivity contribution is -0.793. The van der Waals surface area contributed by atoms with E-state index in [1.807, 2.05) is 61.5 Å². The fourth-order valence-electron chi connectivity index (χ4n) is 1.94. The Balaban J connectivity index is 2.02. The molecular weight excluding hydrogens is 264 g/mol. The van der Waals surface area contributed by atoms with Crippen LogP contribution in [0.4, 0.5) is 0 Å². The maximum Gasteiger partial charge on any atom is 0.299 e. The van der Waals surface area contributed by atoms with Crippen molar-refractivity contribution in [2.24, 2.45) is 0 Å². The number of aromatic nitrogens is 2. The molecule has 0 atom stereocenters. The van der Waals surface area contributed by atoms with Crippen molar-refractivity contribution in [3.05, 3.63) is 76.6 Å². The lowest BCUT2D eigenvalue weighted by atomic mass is 10.1. The highest BCUT2D eigenvalue weighted by Gasteiger charge is 2.19. The SMILES string of the molecule is Cc1ccc(-c2c(C#Cc3ccccc3)no[n+]2[O-])cc1. The molecule has 2 aromatic carbocycles. The molecule has 3 rings (SSSR count). The molecule has 21 heavy (non-hydrogen) atoms. The summed E-state index contributed by atoms with van der Waals surface area (Å²) in [6, 6.07) is 17.1. The standard InChI is InChI=1S/C17H12N2O2/c1-13-7-10-15(11-8-13)17-16(18-21-19(17)20)12-9-14-5-3-2-4-6-14/h2-8,10-11H,1H3. The van der Waals surface area contributed by atoms with Crippen molar-refractivity contribution in [3.8, 4) is 23.1 Å². The quantitative estimate of drug-likeness (QED) is 0.507. The van der Waals surface area contributed by atoms with Gasteiger partial charge in [0.05, 0.1) is 5.16 Å². The number of nitrogens with zero attached hydrogens (tertiary/aromatic N) is 2. The first-order chi connectivity index (χ1) is 10.2. The van der Waals surface area contributed by atoms with Crippen LogP contribution in [-0.2, 0) is 0 Å². The molecule has 0 radical (unpaired) electrons. The van der Waals surface area contributed by atoms with Crippen LogP contribution in [0, 0.1) is 24.0 Å². The normalized spacial score (nSPS) is 9.95. The van der Waals surface area contributed by atoms with Gasteiger partial charge in [0.2, 0.25) is 5.69 Å². The van der Waals surface area contributed by atoms with E-state index in [1.165, 1.54) is 0 Å². The second-order valence-corrected chi connectivity index (χ2v) is 4.61. The molecule has 0 N–H and O–H groups in total. The van der Waals surface area contributed by atoms with Crippen molar-refractivity contribution >= 4 is 0 Å². The molecule has 0 aliphatic heterocycles. The van der Waals surface area contributed by atoms with E-state index < -0.39 is 0 Å². The molecule has 0 saturated heterocycles. The van der Waals surface area contributed by atoms with E-state index in [2.05, 4.69) is 21.6 Å². The maximum atomic E-state index is 11.8. The van der Waals surface area contributed by atoms with Gasteiger partial charge in [-0.2, -0.15) is 0 Å². The number of aryl methyl sites for hydroxylation is 1. The molecule has 1 heterocycles. The van der Waals surface area contributed by atoms with E-state index in [1.54, 1.807) is 0 Å². The van der Waals surface area contributed by atoms with Crippen LogP contribution >= 0.6 is 0 Å². The van der Waals surface area contributed by atoms with Gasteiger partial charge in [-0.25, -0.2) is 0 Å². The highest BCUT2D eigenvalue weighted by molar-refractivity contribution is 5.63. The Kier molecular flexibility index (Phi) is 3.40. The Hall–Kier alpha value is -3.06. The lowest BCUT2D eigenvalue weighted by Crippen LogP contribution is -2.25. The first kappa shape index (κ1) is 12.9. The minimum absolute atomic E-state index is 0.331. The van der Waals surface area contributed by atoms with E-state index in [9.17, 15) is 5.21 Å². The number of hydrogen-bond donors (Lipinski definition) is 0. The van der Waals surface area contributed by atoms with E-state index in [4.69, 9.17) is 0 Å². The maximum absolute atomic E-state index is 11.8. The van der Waals surface area contributed by atoms with Gasteiger partial charge in [-0.3, -0.25) is 4.63 Å². The van der Waals surface area contributed by atoms with Gasteiger partial charge in [-0.15, -0.1) is 0 Å². The first-order valence-corrected chi connectivity index (χ1v) is 6.48. The predicted octanol–water partition coefficient (Wildman–Crippen LogP) is 2.68. The van der Waals surface area contributed by atoms with Crippen molar-refractivity contribution < 1.29 is 9.53 Å². The summed E-state index contributed by atoms with van der Waals surface area (Å²) in [7, 11) is 0. The van der Waals surface area contributed by atoms with Gasteiger partial charge in [0.1, 0.15) is 0 Å². The monoisotopic (exact) mass is 276 g/mol. The van der Waals surface area contributed by atoms with E-state index in [-0.39, 0.29) is 0 Å². The Morgan fingerprint density at radius 2 is 1.71 bits per heavy atom. The molecule has 4 heteroatoms. The molecular formula is C17H12N2O2. The highest BCUT2D eigenvalue weighted by Crippen LogP contribution is 2.18. The molecule has 0 spiro atoms. The lowest BCUT2D eigenvalue weighted by Gasteiger charge is -1.97. The summed E-state index contributed by atoms with van der Waals surface area (Å²) in [5.74, 6) is 5.86. The van der Waals surface area contributed by atoms with Crippen LogP contribution in [0.1, 0.15) is 16.8 Å². The fourth-order valence-corrected chi connectivity index (χ4v) is 1.94. The third-order valence-corrected chi connectivity index (χ3v) is 3.04. The number of rotatable bonds is 1. The summed E-state index contributed by atoms with van der Waals surface area (Å²) in [6.45, 7) is 1.98. The van der Waals surface area contributed by atoms with Crippen molar-refractivity contribution in [3.63, 3.8) is 0 Å². The summed E-state index contributed by atoms with van der Waals surface area (Å²) < 4.78 is 4.68. The third-order valence-electron chi connectivity index (χ3n) is 3.04. The van der Waals surface area contributed by atoms with Crippen LogP contribution in [0.3, 0.4) is 0 Å². The average molecular weight is 276 g/mol. The molecule has 0 unspecified atom stereocenters. The van der Waals surface area contributed by atoms with E-state index >= 15 is 0 Å². The Morgan fingerprint density at radius 1 is 1.00 bits per heavy atom. The summed E-state index contributed by atoms with van der Waals surface area (Å²) in [4.78, 5) is 0.389. The molecule has 102 valence electrons. The number of benzene rings is 2. The molecule has 0 aliphatic rings. The highest BCUT2D eigenvalue weighted by atomic mass is 16.8. The summed E-state index contributed by atoms with van der Waals surface area (Å²) >= 11 is 0. The van der Waals surface area contributed by atoms with Crippen LogP contribution in [0.5, 0.6) is 0 Å². The topological polar surface area (TPSA) is 53.0 Å².